The number of carbonyl (C=O) groups is 5. The van der Waals surface area contributed by atoms with E-state index >= 15 is 0 Å². The molecule has 0 saturated heterocycles. The van der Waals surface area contributed by atoms with Gasteiger partial charge in [-0.05, 0) is 42.0 Å². The Balaban J connectivity index is 1.69. The summed E-state index contributed by atoms with van der Waals surface area (Å²) >= 11 is 1.44. The van der Waals surface area contributed by atoms with Crippen molar-refractivity contribution < 1.29 is 29.1 Å². The average Bonchev–Trinajstić information content (AvgIpc) is 3.37. The minimum Gasteiger partial charge on any atom is -0.481 e. The number of nitrogens with two attached hydrogens (primary N) is 2. The number of aliphatic carboxylic acids is 1. The summed E-state index contributed by atoms with van der Waals surface area (Å²) in [5.74, 6) is -3.89. The molecule has 0 aliphatic rings. The molecule has 0 radical (unpaired) electrons. The standard InChI is InChI=1S/C29H36N6O6S/c1-42-12-11-22(33-27(39)20(30)14-18-16-32-21-10-6-5-9-19(18)21)28(40)35-24(15-25(36)37)29(41)34-23(26(31)38)13-17-7-3-2-4-8-17/h2-10,16,20,22-24,32H,11-15,30H2,1H3,(H2,31,38)(H,33,39)(H,34,41)(H,35,40)(H,36,37)/t20-,22+,23-,24+/m1/s1. The number of primary amides is 1. The van der Waals surface area contributed by atoms with Crippen LogP contribution >= 0.6 is 11.8 Å². The van der Waals surface area contributed by atoms with Crippen LogP contribution in [0.3, 0.4) is 0 Å². The second-order valence-corrected chi connectivity index (χ2v) is 10.8. The van der Waals surface area contributed by atoms with Crippen molar-refractivity contribution in [2.75, 3.05) is 12.0 Å². The predicted molar refractivity (Wildman–Crippen MR) is 160 cm³/mol. The lowest BCUT2D eigenvalue weighted by molar-refractivity contribution is -0.141. The number of thioether (sulfide) groups is 1. The van der Waals surface area contributed by atoms with Gasteiger partial charge < -0.3 is 37.5 Å². The molecule has 4 amide bonds. The minimum atomic E-state index is -1.53. The van der Waals surface area contributed by atoms with E-state index in [-0.39, 0.29) is 19.3 Å². The summed E-state index contributed by atoms with van der Waals surface area (Å²) in [7, 11) is 0. The molecular formula is C29H36N6O6S. The Morgan fingerprint density at radius 3 is 2.14 bits per heavy atom. The van der Waals surface area contributed by atoms with Gasteiger partial charge in [0.1, 0.15) is 18.1 Å². The molecule has 0 spiro atoms. The van der Waals surface area contributed by atoms with Gasteiger partial charge in [0.05, 0.1) is 12.5 Å². The van der Waals surface area contributed by atoms with E-state index < -0.39 is 60.2 Å². The fraction of sp³-hybridized carbons (Fsp3) is 0.345. The van der Waals surface area contributed by atoms with Crippen LogP contribution < -0.4 is 27.4 Å². The number of rotatable bonds is 16. The Hall–Kier alpha value is -4.36. The Morgan fingerprint density at radius 1 is 0.857 bits per heavy atom. The summed E-state index contributed by atoms with van der Waals surface area (Å²) in [6.07, 6.45) is 3.36. The van der Waals surface area contributed by atoms with Crippen molar-refractivity contribution in [3.05, 3.63) is 71.9 Å². The van der Waals surface area contributed by atoms with Gasteiger partial charge in [0.25, 0.3) is 0 Å². The lowest BCUT2D eigenvalue weighted by Crippen LogP contribution is -2.58. The van der Waals surface area contributed by atoms with E-state index in [1.807, 2.05) is 30.5 Å². The molecule has 3 aromatic rings. The number of aromatic nitrogens is 1. The number of H-pyrrole nitrogens is 1. The maximum atomic E-state index is 13.3. The smallest absolute Gasteiger partial charge is 0.305 e. The zero-order valence-electron chi connectivity index (χ0n) is 23.2. The van der Waals surface area contributed by atoms with Gasteiger partial charge in [-0.2, -0.15) is 11.8 Å². The summed E-state index contributed by atoms with van der Waals surface area (Å²) in [6, 6.07) is 11.7. The van der Waals surface area contributed by atoms with Crippen LogP contribution in [0.25, 0.3) is 10.9 Å². The van der Waals surface area contributed by atoms with Crippen molar-refractivity contribution in [1.29, 1.82) is 0 Å². The maximum Gasteiger partial charge on any atom is 0.305 e. The van der Waals surface area contributed by atoms with E-state index in [1.165, 1.54) is 11.8 Å². The van der Waals surface area contributed by atoms with E-state index in [2.05, 4.69) is 20.9 Å². The van der Waals surface area contributed by atoms with Crippen molar-refractivity contribution in [2.24, 2.45) is 11.5 Å². The van der Waals surface area contributed by atoms with E-state index in [9.17, 15) is 29.1 Å². The van der Waals surface area contributed by atoms with E-state index in [0.29, 0.717) is 5.75 Å². The van der Waals surface area contributed by atoms with Crippen LogP contribution in [0.4, 0.5) is 0 Å². The molecule has 9 N–H and O–H groups in total. The fourth-order valence-corrected chi connectivity index (χ4v) is 4.89. The van der Waals surface area contributed by atoms with Gasteiger partial charge in [-0.25, -0.2) is 0 Å². The first-order valence-electron chi connectivity index (χ1n) is 13.3. The number of fused-ring (bicyclic) bond motifs is 1. The summed E-state index contributed by atoms with van der Waals surface area (Å²) in [4.78, 5) is 66.1. The summed E-state index contributed by atoms with van der Waals surface area (Å²) in [6.45, 7) is 0. The predicted octanol–water partition coefficient (Wildman–Crippen LogP) is 0.448. The van der Waals surface area contributed by atoms with E-state index in [4.69, 9.17) is 11.5 Å². The molecule has 1 heterocycles. The van der Waals surface area contributed by atoms with Crippen LogP contribution in [0.15, 0.2) is 60.8 Å². The van der Waals surface area contributed by atoms with Crippen molar-refractivity contribution >= 4 is 52.3 Å². The molecule has 0 aliphatic heterocycles. The molecule has 0 bridgehead atoms. The van der Waals surface area contributed by atoms with Crippen molar-refractivity contribution in [3.8, 4) is 0 Å². The lowest BCUT2D eigenvalue weighted by atomic mass is 10.0. The highest BCUT2D eigenvalue weighted by molar-refractivity contribution is 7.98. The summed E-state index contributed by atoms with van der Waals surface area (Å²) in [5.41, 5.74) is 14.1. The fourth-order valence-electron chi connectivity index (χ4n) is 4.41. The molecule has 1 aromatic heterocycles. The number of nitrogens with one attached hydrogen (secondary N) is 4. The van der Waals surface area contributed by atoms with Gasteiger partial charge >= 0.3 is 5.97 Å². The molecule has 0 saturated carbocycles. The Labute approximate surface area is 247 Å². The zero-order chi connectivity index (χ0) is 30.6. The van der Waals surface area contributed by atoms with Gasteiger partial charge in [0.15, 0.2) is 0 Å². The SMILES string of the molecule is CSCC[C@H](NC(=O)[C@H](N)Cc1c[nH]c2ccccc12)C(=O)N[C@@H](CC(=O)O)C(=O)N[C@H](Cc1ccccc1)C(N)=O. The van der Waals surface area contributed by atoms with Crippen LogP contribution in [0.5, 0.6) is 0 Å². The highest BCUT2D eigenvalue weighted by Gasteiger charge is 2.31. The number of hydrogen-bond donors (Lipinski definition) is 7. The zero-order valence-corrected chi connectivity index (χ0v) is 24.0. The Morgan fingerprint density at radius 2 is 1.48 bits per heavy atom. The Bertz CT molecular complexity index is 1400. The van der Waals surface area contributed by atoms with Crippen LogP contribution in [-0.4, -0.2) is 75.9 Å². The molecule has 42 heavy (non-hydrogen) atoms. The molecule has 12 nitrogen and oxygen atoms in total. The monoisotopic (exact) mass is 596 g/mol. The molecule has 224 valence electrons. The normalized spacial score (nSPS) is 13.9. The number of amides is 4. The van der Waals surface area contributed by atoms with Gasteiger partial charge in [0, 0.05) is 23.5 Å². The van der Waals surface area contributed by atoms with Gasteiger partial charge in [-0.15, -0.1) is 0 Å². The van der Waals surface area contributed by atoms with Gasteiger partial charge in [-0.3, -0.25) is 24.0 Å². The molecule has 13 heteroatoms. The highest BCUT2D eigenvalue weighted by atomic mass is 32.2. The van der Waals surface area contributed by atoms with Gasteiger partial charge in [0.2, 0.25) is 23.6 Å². The van der Waals surface area contributed by atoms with Crippen LogP contribution in [0.1, 0.15) is 24.0 Å². The molecule has 0 fully saturated rings. The first-order chi connectivity index (χ1) is 20.1. The number of benzene rings is 2. The van der Waals surface area contributed by atoms with Crippen molar-refractivity contribution in [1.82, 2.24) is 20.9 Å². The van der Waals surface area contributed by atoms with E-state index in [0.717, 1.165) is 22.0 Å². The third kappa shape index (κ3) is 9.35. The second kappa shape index (κ2) is 15.6. The molecule has 4 atom stereocenters. The molecular weight excluding hydrogens is 560 g/mol. The molecule has 0 aliphatic carbocycles. The highest BCUT2D eigenvalue weighted by Crippen LogP contribution is 2.19. The number of para-hydroxylation sites is 1. The largest absolute Gasteiger partial charge is 0.481 e. The maximum absolute atomic E-state index is 13.3. The lowest BCUT2D eigenvalue weighted by Gasteiger charge is -2.25. The summed E-state index contributed by atoms with van der Waals surface area (Å²) in [5, 5.41) is 17.9. The number of carboxylic acid groups (broad SMARTS) is 1. The number of carbonyl (C=O) groups excluding carboxylic acids is 4. The van der Waals surface area contributed by atoms with Crippen LogP contribution in [0, 0.1) is 0 Å². The number of hydrogen-bond acceptors (Lipinski definition) is 7. The quantitative estimate of drug-likeness (QED) is 0.123. The third-order valence-corrected chi connectivity index (χ3v) is 7.29. The van der Waals surface area contributed by atoms with Gasteiger partial charge in [-0.1, -0.05) is 48.5 Å². The molecule has 2 aromatic carbocycles. The summed E-state index contributed by atoms with van der Waals surface area (Å²) < 4.78 is 0. The topological polar surface area (TPSA) is 209 Å². The minimum absolute atomic E-state index is 0.0797. The van der Waals surface area contributed by atoms with Crippen molar-refractivity contribution in [2.45, 2.75) is 49.9 Å². The molecule has 3 rings (SSSR count). The van der Waals surface area contributed by atoms with Crippen molar-refractivity contribution in [3.63, 3.8) is 0 Å². The van der Waals surface area contributed by atoms with Crippen LogP contribution in [-0.2, 0) is 36.8 Å². The molecule has 0 unspecified atom stereocenters. The van der Waals surface area contributed by atoms with Crippen LogP contribution in [0.2, 0.25) is 0 Å². The first kappa shape index (κ1) is 32.2. The Kier molecular flexibility index (Phi) is 11.9. The number of carboxylic acids is 1. The number of aromatic amines is 1. The van der Waals surface area contributed by atoms with E-state index in [1.54, 1.807) is 36.5 Å². The average molecular weight is 597 g/mol. The first-order valence-corrected chi connectivity index (χ1v) is 14.7. The third-order valence-electron chi connectivity index (χ3n) is 6.65. The second-order valence-electron chi connectivity index (χ2n) is 9.83.